The summed E-state index contributed by atoms with van der Waals surface area (Å²) in [6.07, 6.45) is 0.903. The lowest BCUT2D eigenvalue weighted by Gasteiger charge is -2.06. The minimum absolute atomic E-state index is 0.00802. The molecular formula is C15H15N3O6S. The first kappa shape index (κ1) is 18.2. The van der Waals surface area contributed by atoms with Gasteiger partial charge in [0.1, 0.15) is 5.75 Å². The Bertz CT molecular complexity index is 969. The van der Waals surface area contributed by atoms with Gasteiger partial charge in [0.2, 0.25) is 0 Å². The van der Waals surface area contributed by atoms with Gasteiger partial charge in [0, 0.05) is 17.7 Å². The fraction of sp³-hybridized carbons (Fsp3) is 0.133. The van der Waals surface area contributed by atoms with Crippen molar-refractivity contribution in [1.82, 2.24) is 4.83 Å². The Morgan fingerprint density at radius 1 is 1.12 bits per heavy atom. The van der Waals surface area contributed by atoms with Crippen molar-refractivity contribution >= 4 is 21.9 Å². The Kier molecular flexibility index (Phi) is 4.93. The average molecular weight is 365 g/mol. The standard InChI is InChI=1S/C15H15N3O6S/c1-9-3-4-12(5-10(9)2)25(23,24)17-16-8-11-6-13(18(21)22)15(20)7-14(11)19/h3-8,17,19-20H,1-2H3/b16-8+. The van der Waals surface area contributed by atoms with E-state index in [0.717, 1.165) is 29.5 Å². The lowest BCUT2D eigenvalue weighted by atomic mass is 10.1. The van der Waals surface area contributed by atoms with Crippen molar-refractivity contribution in [3.63, 3.8) is 0 Å². The molecular weight excluding hydrogens is 350 g/mol. The molecule has 0 radical (unpaired) electrons. The topological polar surface area (TPSA) is 142 Å². The van der Waals surface area contributed by atoms with Crippen molar-refractivity contribution in [2.45, 2.75) is 18.7 Å². The zero-order valence-corrected chi connectivity index (χ0v) is 14.1. The summed E-state index contributed by atoms with van der Waals surface area (Å²) in [5.74, 6) is -1.20. The normalized spacial score (nSPS) is 11.6. The number of rotatable bonds is 5. The summed E-state index contributed by atoms with van der Waals surface area (Å²) in [6, 6.07) is 6.21. The van der Waals surface area contributed by atoms with E-state index in [9.17, 15) is 28.7 Å². The van der Waals surface area contributed by atoms with E-state index in [0.29, 0.717) is 0 Å². The fourth-order valence-electron chi connectivity index (χ4n) is 1.93. The molecule has 2 aromatic rings. The van der Waals surface area contributed by atoms with Crippen molar-refractivity contribution in [2.75, 3.05) is 0 Å². The smallest absolute Gasteiger partial charge is 0.311 e. The number of phenols is 2. The van der Waals surface area contributed by atoms with Crippen molar-refractivity contribution in [2.24, 2.45) is 5.10 Å². The number of aryl methyl sites for hydroxylation is 2. The minimum Gasteiger partial charge on any atom is -0.507 e. The second kappa shape index (κ2) is 6.77. The largest absolute Gasteiger partial charge is 0.507 e. The van der Waals surface area contributed by atoms with Gasteiger partial charge >= 0.3 is 5.69 Å². The lowest BCUT2D eigenvalue weighted by Crippen LogP contribution is -2.18. The van der Waals surface area contributed by atoms with Crippen LogP contribution in [-0.2, 0) is 10.0 Å². The molecule has 0 atom stereocenters. The predicted octanol–water partition coefficient (Wildman–Crippen LogP) is 1.94. The zero-order chi connectivity index (χ0) is 18.8. The van der Waals surface area contributed by atoms with Crippen molar-refractivity contribution in [3.8, 4) is 11.5 Å². The summed E-state index contributed by atoms with van der Waals surface area (Å²) in [7, 11) is -3.93. The van der Waals surface area contributed by atoms with Crippen LogP contribution in [0.2, 0.25) is 0 Å². The zero-order valence-electron chi connectivity index (χ0n) is 13.3. The number of hydrogen-bond acceptors (Lipinski definition) is 7. The third-order valence-electron chi connectivity index (χ3n) is 3.49. The molecule has 0 bridgehead atoms. The van der Waals surface area contributed by atoms with E-state index >= 15 is 0 Å². The van der Waals surface area contributed by atoms with Gasteiger partial charge in [-0.05, 0) is 37.1 Å². The maximum Gasteiger partial charge on any atom is 0.311 e. The van der Waals surface area contributed by atoms with Gasteiger partial charge in [-0.1, -0.05) is 6.07 Å². The highest BCUT2D eigenvalue weighted by atomic mass is 32.2. The van der Waals surface area contributed by atoms with E-state index in [4.69, 9.17) is 0 Å². The Morgan fingerprint density at radius 2 is 1.80 bits per heavy atom. The number of phenolic OH excluding ortho intramolecular Hbond substituents is 2. The highest BCUT2D eigenvalue weighted by Gasteiger charge is 2.17. The summed E-state index contributed by atoms with van der Waals surface area (Å²) in [4.78, 5) is 11.9. The van der Waals surface area contributed by atoms with Crippen LogP contribution in [0, 0.1) is 24.0 Å². The van der Waals surface area contributed by atoms with Gasteiger partial charge in [-0.15, -0.1) is 0 Å². The van der Waals surface area contributed by atoms with Crippen molar-refractivity contribution < 1.29 is 23.6 Å². The second-order valence-corrected chi connectivity index (χ2v) is 6.92. The third kappa shape index (κ3) is 4.04. The predicted molar refractivity (Wildman–Crippen MR) is 90.3 cm³/mol. The summed E-state index contributed by atoms with van der Waals surface area (Å²) in [6.45, 7) is 3.61. The summed E-state index contributed by atoms with van der Waals surface area (Å²) >= 11 is 0. The van der Waals surface area contributed by atoms with Crippen LogP contribution in [-0.4, -0.2) is 29.8 Å². The van der Waals surface area contributed by atoms with Crippen LogP contribution >= 0.6 is 0 Å². The number of sulfonamides is 1. The Morgan fingerprint density at radius 3 is 2.40 bits per heavy atom. The highest BCUT2D eigenvalue weighted by molar-refractivity contribution is 7.89. The second-order valence-electron chi connectivity index (χ2n) is 5.26. The number of nitro groups is 1. The monoisotopic (exact) mass is 365 g/mol. The molecule has 0 aliphatic heterocycles. The fourth-order valence-corrected chi connectivity index (χ4v) is 2.81. The molecule has 2 aromatic carbocycles. The van der Waals surface area contributed by atoms with Gasteiger partial charge in [-0.2, -0.15) is 13.5 Å². The molecule has 0 unspecified atom stereocenters. The van der Waals surface area contributed by atoms with Gasteiger partial charge in [0.15, 0.2) is 5.75 Å². The highest BCUT2D eigenvalue weighted by Crippen LogP contribution is 2.31. The molecule has 25 heavy (non-hydrogen) atoms. The third-order valence-corrected chi connectivity index (χ3v) is 4.71. The quantitative estimate of drug-likeness (QED) is 0.420. The molecule has 0 saturated carbocycles. The van der Waals surface area contributed by atoms with Crippen LogP contribution in [0.4, 0.5) is 5.69 Å². The molecule has 9 nitrogen and oxygen atoms in total. The van der Waals surface area contributed by atoms with Crippen LogP contribution in [0.5, 0.6) is 11.5 Å². The average Bonchev–Trinajstić information content (AvgIpc) is 2.51. The van der Waals surface area contributed by atoms with E-state index in [2.05, 4.69) is 5.10 Å². The minimum atomic E-state index is -3.93. The molecule has 10 heteroatoms. The summed E-state index contributed by atoms with van der Waals surface area (Å²) < 4.78 is 24.3. The van der Waals surface area contributed by atoms with Gasteiger partial charge < -0.3 is 10.2 Å². The van der Waals surface area contributed by atoms with Crippen molar-refractivity contribution in [3.05, 3.63) is 57.1 Å². The van der Waals surface area contributed by atoms with Gasteiger partial charge in [0.05, 0.1) is 16.0 Å². The number of nitro benzene ring substituents is 1. The summed E-state index contributed by atoms with van der Waals surface area (Å²) in [5, 5.41) is 33.3. The van der Waals surface area contributed by atoms with E-state index in [1.807, 2.05) is 11.8 Å². The first-order valence-electron chi connectivity index (χ1n) is 6.94. The number of benzene rings is 2. The first-order valence-corrected chi connectivity index (χ1v) is 8.42. The molecule has 2 rings (SSSR count). The molecule has 132 valence electrons. The van der Waals surface area contributed by atoms with Gasteiger partial charge in [-0.25, -0.2) is 4.83 Å². The number of nitrogens with one attached hydrogen (secondary N) is 1. The number of hydrazone groups is 1. The maximum absolute atomic E-state index is 12.2. The summed E-state index contributed by atoms with van der Waals surface area (Å²) in [5.41, 5.74) is 0.950. The molecule has 0 aliphatic rings. The molecule has 3 N–H and O–H groups in total. The Labute approximate surface area is 143 Å². The van der Waals surface area contributed by atoms with Crippen LogP contribution < -0.4 is 4.83 Å². The maximum atomic E-state index is 12.2. The molecule has 0 saturated heterocycles. The van der Waals surface area contributed by atoms with Crippen LogP contribution in [0.15, 0.2) is 40.3 Å². The van der Waals surface area contributed by atoms with Crippen LogP contribution in [0.25, 0.3) is 0 Å². The van der Waals surface area contributed by atoms with Crippen molar-refractivity contribution in [1.29, 1.82) is 0 Å². The van der Waals surface area contributed by atoms with E-state index in [-0.39, 0.29) is 10.5 Å². The molecule has 0 amide bonds. The number of nitrogens with zero attached hydrogens (tertiary/aromatic N) is 2. The van der Waals surface area contributed by atoms with Crippen LogP contribution in [0.1, 0.15) is 16.7 Å². The molecule has 0 aliphatic carbocycles. The molecule has 0 fully saturated rings. The van der Waals surface area contributed by atoms with E-state index < -0.39 is 32.1 Å². The molecule has 0 heterocycles. The molecule has 0 aromatic heterocycles. The SMILES string of the molecule is Cc1ccc(S(=O)(=O)N/N=C/c2cc([N+](=O)[O-])c(O)cc2O)cc1C. The number of aromatic hydroxyl groups is 2. The lowest BCUT2D eigenvalue weighted by molar-refractivity contribution is -0.385. The Balaban J connectivity index is 2.27. The first-order chi connectivity index (χ1) is 11.6. The van der Waals surface area contributed by atoms with Crippen LogP contribution in [0.3, 0.4) is 0 Å². The van der Waals surface area contributed by atoms with E-state index in [1.54, 1.807) is 13.0 Å². The Hall–Kier alpha value is -3.14. The number of hydrogen-bond donors (Lipinski definition) is 3. The van der Waals surface area contributed by atoms with Gasteiger partial charge in [-0.3, -0.25) is 10.1 Å². The van der Waals surface area contributed by atoms with Gasteiger partial charge in [0.25, 0.3) is 10.0 Å². The van der Waals surface area contributed by atoms with E-state index in [1.165, 1.54) is 12.1 Å². The molecule has 0 spiro atoms.